The summed E-state index contributed by atoms with van der Waals surface area (Å²) >= 11 is 0. The standard InChI is InChI=1S/C17H27NO2/c1-6-17(4)10-15(18-5)14-9-13(19-11-12(2)3)7-8-16(14)20-17/h7-9,12,15,18H,6,10-11H2,1-5H3. The van der Waals surface area contributed by atoms with Gasteiger partial charge in [0.05, 0.1) is 6.61 Å². The zero-order chi connectivity index (χ0) is 14.8. The van der Waals surface area contributed by atoms with E-state index in [0.29, 0.717) is 12.0 Å². The minimum Gasteiger partial charge on any atom is -0.493 e. The molecule has 2 atom stereocenters. The third-order valence-electron chi connectivity index (χ3n) is 4.03. The zero-order valence-corrected chi connectivity index (χ0v) is 13.3. The first-order valence-corrected chi connectivity index (χ1v) is 7.60. The smallest absolute Gasteiger partial charge is 0.125 e. The fraction of sp³-hybridized carbons (Fsp3) is 0.647. The Balaban J connectivity index is 2.24. The quantitative estimate of drug-likeness (QED) is 0.884. The SMILES string of the molecule is CCC1(C)CC(NC)c2cc(OCC(C)C)ccc2O1. The van der Waals surface area contributed by atoms with Crippen molar-refractivity contribution in [2.24, 2.45) is 5.92 Å². The van der Waals surface area contributed by atoms with Crippen molar-refractivity contribution in [3.8, 4) is 11.5 Å². The molecule has 0 radical (unpaired) electrons. The van der Waals surface area contributed by atoms with Crippen molar-refractivity contribution in [1.29, 1.82) is 0 Å². The Morgan fingerprint density at radius 2 is 2.20 bits per heavy atom. The van der Waals surface area contributed by atoms with E-state index in [0.717, 1.165) is 30.9 Å². The van der Waals surface area contributed by atoms with E-state index in [1.165, 1.54) is 5.56 Å². The van der Waals surface area contributed by atoms with Crippen molar-refractivity contribution in [3.63, 3.8) is 0 Å². The average molecular weight is 277 g/mol. The van der Waals surface area contributed by atoms with Gasteiger partial charge >= 0.3 is 0 Å². The van der Waals surface area contributed by atoms with E-state index in [-0.39, 0.29) is 5.60 Å². The van der Waals surface area contributed by atoms with Gasteiger partial charge in [-0.2, -0.15) is 0 Å². The van der Waals surface area contributed by atoms with Crippen molar-refractivity contribution < 1.29 is 9.47 Å². The second-order valence-corrected chi connectivity index (χ2v) is 6.36. The fourth-order valence-electron chi connectivity index (χ4n) is 2.57. The fourth-order valence-corrected chi connectivity index (χ4v) is 2.57. The van der Waals surface area contributed by atoms with E-state index in [1.54, 1.807) is 0 Å². The highest BCUT2D eigenvalue weighted by Crippen LogP contribution is 2.42. The molecule has 1 aliphatic rings. The molecule has 0 aliphatic carbocycles. The molecule has 2 unspecified atom stereocenters. The van der Waals surface area contributed by atoms with Crippen LogP contribution in [-0.4, -0.2) is 19.3 Å². The van der Waals surface area contributed by atoms with Crippen molar-refractivity contribution in [3.05, 3.63) is 23.8 Å². The zero-order valence-electron chi connectivity index (χ0n) is 13.3. The monoisotopic (exact) mass is 277 g/mol. The lowest BCUT2D eigenvalue weighted by molar-refractivity contribution is 0.0453. The van der Waals surface area contributed by atoms with E-state index >= 15 is 0 Å². The van der Waals surface area contributed by atoms with Crippen LogP contribution in [-0.2, 0) is 0 Å². The second kappa shape index (κ2) is 6.04. The van der Waals surface area contributed by atoms with Gasteiger partial charge in [0.25, 0.3) is 0 Å². The van der Waals surface area contributed by atoms with Crippen molar-refractivity contribution in [2.75, 3.05) is 13.7 Å². The van der Waals surface area contributed by atoms with Gasteiger partial charge in [-0.05, 0) is 44.5 Å². The first-order valence-electron chi connectivity index (χ1n) is 7.60. The van der Waals surface area contributed by atoms with Crippen molar-refractivity contribution in [1.82, 2.24) is 5.32 Å². The topological polar surface area (TPSA) is 30.5 Å². The molecular formula is C17H27NO2. The lowest BCUT2D eigenvalue weighted by atomic mass is 9.87. The Morgan fingerprint density at radius 3 is 2.80 bits per heavy atom. The van der Waals surface area contributed by atoms with Crippen LogP contribution in [0.5, 0.6) is 11.5 Å². The molecular weight excluding hydrogens is 250 g/mol. The molecule has 1 aromatic carbocycles. The Labute approximate surface area is 122 Å². The molecule has 1 heterocycles. The van der Waals surface area contributed by atoms with E-state index < -0.39 is 0 Å². The van der Waals surface area contributed by atoms with E-state index in [4.69, 9.17) is 9.47 Å². The van der Waals surface area contributed by atoms with Crippen LogP contribution in [0.25, 0.3) is 0 Å². The molecule has 0 bridgehead atoms. The first kappa shape index (κ1) is 15.2. The van der Waals surface area contributed by atoms with Crippen LogP contribution in [0, 0.1) is 5.92 Å². The highest BCUT2D eigenvalue weighted by Gasteiger charge is 2.35. The highest BCUT2D eigenvalue weighted by atomic mass is 16.5. The van der Waals surface area contributed by atoms with Crippen LogP contribution >= 0.6 is 0 Å². The molecule has 112 valence electrons. The maximum absolute atomic E-state index is 6.19. The molecule has 0 saturated carbocycles. The second-order valence-electron chi connectivity index (χ2n) is 6.36. The van der Waals surface area contributed by atoms with Gasteiger partial charge in [0.15, 0.2) is 0 Å². The summed E-state index contributed by atoms with van der Waals surface area (Å²) in [4.78, 5) is 0. The van der Waals surface area contributed by atoms with Crippen LogP contribution < -0.4 is 14.8 Å². The van der Waals surface area contributed by atoms with E-state index in [1.807, 2.05) is 19.2 Å². The number of rotatable bonds is 5. The van der Waals surface area contributed by atoms with E-state index in [2.05, 4.69) is 39.1 Å². The van der Waals surface area contributed by atoms with Crippen LogP contribution in [0.1, 0.15) is 52.1 Å². The summed E-state index contributed by atoms with van der Waals surface area (Å²) in [6, 6.07) is 6.50. The summed E-state index contributed by atoms with van der Waals surface area (Å²) in [6.45, 7) is 9.42. The molecule has 1 aromatic rings. The lowest BCUT2D eigenvalue weighted by Crippen LogP contribution is -2.40. The van der Waals surface area contributed by atoms with Crippen LogP contribution in [0.3, 0.4) is 0 Å². The minimum atomic E-state index is -0.0824. The number of benzene rings is 1. The Kier molecular flexibility index (Phi) is 4.59. The summed E-state index contributed by atoms with van der Waals surface area (Å²) in [5.41, 5.74) is 1.13. The normalized spacial score (nSPS) is 25.2. The molecule has 0 fully saturated rings. The number of fused-ring (bicyclic) bond motifs is 1. The number of nitrogens with one attached hydrogen (secondary N) is 1. The van der Waals surface area contributed by atoms with Crippen molar-refractivity contribution in [2.45, 2.75) is 52.2 Å². The Bertz CT molecular complexity index is 458. The predicted molar refractivity (Wildman–Crippen MR) is 82.5 cm³/mol. The van der Waals surface area contributed by atoms with Crippen LogP contribution in [0.4, 0.5) is 0 Å². The van der Waals surface area contributed by atoms with Gasteiger partial charge in [-0.15, -0.1) is 0 Å². The van der Waals surface area contributed by atoms with Gasteiger partial charge in [0, 0.05) is 18.0 Å². The summed E-state index contributed by atoms with van der Waals surface area (Å²) in [5.74, 6) is 2.45. The Hall–Kier alpha value is -1.22. The van der Waals surface area contributed by atoms with Gasteiger partial charge in [-0.3, -0.25) is 0 Å². The van der Waals surface area contributed by atoms with E-state index in [9.17, 15) is 0 Å². The minimum absolute atomic E-state index is 0.0824. The van der Waals surface area contributed by atoms with Gasteiger partial charge in [0.2, 0.25) is 0 Å². The van der Waals surface area contributed by atoms with Gasteiger partial charge in [-0.1, -0.05) is 20.8 Å². The van der Waals surface area contributed by atoms with Gasteiger partial charge < -0.3 is 14.8 Å². The number of hydrogen-bond acceptors (Lipinski definition) is 3. The van der Waals surface area contributed by atoms with Gasteiger partial charge in [0.1, 0.15) is 17.1 Å². The largest absolute Gasteiger partial charge is 0.493 e. The predicted octanol–water partition coefficient (Wildman–Crippen LogP) is 3.93. The van der Waals surface area contributed by atoms with Crippen LogP contribution in [0.2, 0.25) is 0 Å². The first-order chi connectivity index (χ1) is 9.47. The summed E-state index contributed by atoms with van der Waals surface area (Å²) in [6.07, 6.45) is 2.00. The third-order valence-corrected chi connectivity index (χ3v) is 4.03. The molecule has 3 nitrogen and oxygen atoms in total. The van der Waals surface area contributed by atoms with Crippen LogP contribution in [0.15, 0.2) is 18.2 Å². The summed E-state index contributed by atoms with van der Waals surface area (Å²) < 4.78 is 12.0. The molecule has 3 heteroatoms. The molecule has 2 rings (SSSR count). The van der Waals surface area contributed by atoms with Crippen molar-refractivity contribution >= 4 is 0 Å². The molecule has 1 N–H and O–H groups in total. The lowest BCUT2D eigenvalue weighted by Gasteiger charge is -2.39. The molecule has 0 aromatic heterocycles. The number of hydrogen-bond donors (Lipinski definition) is 1. The van der Waals surface area contributed by atoms with Gasteiger partial charge in [-0.25, -0.2) is 0 Å². The molecule has 1 aliphatic heterocycles. The third kappa shape index (κ3) is 3.26. The maximum atomic E-state index is 6.19. The molecule has 0 spiro atoms. The summed E-state index contributed by atoms with van der Waals surface area (Å²) in [7, 11) is 2.01. The molecule has 0 amide bonds. The maximum Gasteiger partial charge on any atom is 0.125 e. The molecule has 0 saturated heterocycles. The average Bonchev–Trinajstić information content (AvgIpc) is 2.44. The number of ether oxygens (including phenoxy) is 2. The Morgan fingerprint density at radius 1 is 1.45 bits per heavy atom. The highest BCUT2D eigenvalue weighted by molar-refractivity contribution is 5.44. The summed E-state index contributed by atoms with van der Waals surface area (Å²) in [5, 5.41) is 3.41. The molecule has 20 heavy (non-hydrogen) atoms.